The Labute approximate surface area is 133 Å². The summed E-state index contributed by atoms with van der Waals surface area (Å²) in [6.07, 6.45) is 2.06. The second-order valence-electron chi connectivity index (χ2n) is 4.60. The summed E-state index contributed by atoms with van der Waals surface area (Å²) in [5, 5.41) is 11.3. The number of unbranched alkanes of at least 4 members (excludes halogenated alkanes) is 1. The molecule has 0 saturated heterocycles. The topological polar surface area (TPSA) is 120 Å². The maximum atomic E-state index is 11.3. The number of hydrogen-bond acceptors (Lipinski definition) is 7. The molecule has 1 rings (SSSR count). The van der Waals surface area contributed by atoms with E-state index >= 15 is 0 Å². The van der Waals surface area contributed by atoms with E-state index in [1.807, 2.05) is 0 Å². The van der Waals surface area contributed by atoms with E-state index in [0.717, 1.165) is 6.29 Å². The zero-order valence-corrected chi connectivity index (χ0v) is 12.9. The first-order valence-corrected chi connectivity index (χ1v) is 6.92. The number of nitro groups is 1. The smallest absolute Gasteiger partial charge is 0.278 e. The second-order valence-corrected chi connectivity index (χ2v) is 4.60. The highest BCUT2D eigenvalue weighted by Gasteiger charge is 2.23. The Hall–Kier alpha value is -2.68. The van der Waals surface area contributed by atoms with Gasteiger partial charge in [0.05, 0.1) is 36.3 Å². The van der Waals surface area contributed by atoms with Gasteiger partial charge in [-0.2, -0.15) is 0 Å². The molecule has 9 nitrogen and oxygen atoms in total. The van der Waals surface area contributed by atoms with Gasteiger partial charge in [0.25, 0.3) is 5.69 Å². The highest BCUT2D eigenvalue weighted by molar-refractivity contribution is 5.55. The van der Waals surface area contributed by atoms with Crippen LogP contribution in [-0.2, 0) is 9.59 Å². The van der Waals surface area contributed by atoms with Gasteiger partial charge in [0.15, 0.2) is 11.5 Å². The Balaban J connectivity index is 3.09. The van der Waals surface area contributed by atoms with Gasteiger partial charge in [-0.3, -0.25) is 20.3 Å². The van der Waals surface area contributed by atoms with Crippen molar-refractivity contribution in [1.29, 1.82) is 0 Å². The number of nitrogens with one attached hydrogen (secondary N) is 2. The van der Waals surface area contributed by atoms with Crippen LogP contribution in [0.3, 0.4) is 0 Å². The lowest BCUT2D eigenvalue weighted by molar-refractivity contribution is -0.385. The first-order valence-electron chi connectivity index (χ1n) is 6.92. The number of rotatable bonds is 11. The summed E-state index contributed by atoms with van der Waals surface area (Å²) >= 11 is 0. The summed E-state index contributed by atoms with van der Waals surface area (Å²) in [7, 11) is 1.42. The third-order valence-corrected chi connectivity index (χ3v) is 3.06. The lowest BCUT2D eigenvalue weighted by Gasteiger charge is -2.16. The van der Waals surface area contributed by atoms with Crippen LogP contribution in [0.5, 0.6) is 11.5 Å². The van der Waals surface area contributed by atoms with Crippen LogP contribution in [0.4, 0.5) is 5.69 Å². The Morgan fingerprint density at radius 1 is 1.35 bits per heavy atom. The van der Waals surface area contributed by atoms with Crippen LogP contribution in [0.1, 0.15) is 31.4 Å². The predicted octanol–water partition coefficient (Wildman–Crippen LogP) is 1.27. The Bertz CT molecular complexity index is 564. The lowest BCUT2D eigenvalue weighted by Crippen LogP contribution is -2.33. The molecule has 23 heavy (non-hydrogen) atoms. The van der Waals surface area contributed by atoms with Crippen molar-refractivity contribution in [2.45, 2.75) is 25.8 Å². The van der Waals surface area contributed by atoms with Gasteiger partial charge in [0, 0.05) is 6.42 Å². The average molecular weight is 325 g/mol. The molecule has 1 aromatic rings. The van der Waals surface area contributed by atoms with E-state index < -0.39 is 11.0 Å². The average Bonchev–Trinajstić information content (AvgIpc) is 2.55. The molecule has 126 valence electrons. The number of methoxy groups -OCH3 is 1. The summed E-state index contributed by atoms with van der Waals surface area (Å²) in [4.78, 5) is 31.4. The van der Waals surface area contributed by atoms with E-state index in [1.54, 1.807) is 6.92 Å². The van der Waals surface area contributed by atoms with Gasteiger partial charge in [0.2, 0.25) is 6.41 Å². The molecule has 1 atom stereocenters. The van der Waals surface area contributed by atoms with Gasteiger partial charge < -0.3 is 14.3 Å². The summed E-state index contributed by atoms with van der Waals surface area (Å²) < 4.78 is 10.7. The monoisotopic (exact) mass is 325 g/mol. The summed E-state index contributed by atoms with van der Waals surface area (Å²) in [5.41, 5.74) is 5.04. The van der Waals surface area contributed by atoms with E-state index in [-0.39, 0.29) is 18.0 Å². The third-order valence-electron chi connectivity index (χ3n) is 3.06. The minimum atomic E-state index is -0.536. The first kappa shape index (κ1) is 18.4. The van der Waals surface area contributed by atoms with Gasteiger partial charge >= 0.3 is 0 Å². The molecule has 0 fully saturated rings. The normalized spacial score (nSPS) is 11.4. The summed E-state index contributed by atoms with van der Waals surface area (Å²) in [6.45, 7) is 1.90. The molecule has 0 heterocycles. The molecule has 0 aliphatic heterocycles. The van der Waals surface area contributed by atoms with Crippen molar-refractivity contribution in [3.8, 4) is 11.5 Å². The Kier molecular flexibility index (Phi) is 7.48. The van der Waals surface area contributed by atoms with Gasteiger partial charge in [0.1, 0.15) is 6.29 Å². The fraction of sp³-hybridized carbons (Fsp3) is 0.429. The number of ether oxygens (including phenoxy) is 2. The van der Waals surface area contributed by atoms with E-state index in [1.165, 1.54) is 19.2 Å². The van der Waals surface area contributed by atoms with Crippen molar-refractivity contribution in [2.24, 2.45) is 0 Å². The molecule has 0 saturated carbocycles. The number of hydrogen-bond donors (Lipinski definition) is 2. The Morgan fingerprint density at radius 3 is 2.65 bits per heavy atom. The lowest BCUT2D eigenvalue weighted by atomic mass is 10.1. The molecule has 9 heteroatoms. The molecule has 0 spiro atoms. The van der Waals surface area contributed by atoms with Gasteiger partial charge in [-0.25, -0.2) is 5.43 Å². The number of benzene rings is 1. The number of nitrogens with zero attached hydrogens (tertiary/aromatic N) is 1. The fourth-order valence-corrected chi connectivity index (χ4v) is 1.93. The molecule has 2 N–H and O–H groups in total. The van der Waals surface area contributed by atoms with Crippen LogP contribution in [0, 0.1) is 10.1 Å². The number of aldehydes is 1. The molecule has 0 aromatic heterocycles. The van der Waals surface area contributed by atoms with Gasteiger partial charge in [-0.15, -0.1) is 0 Å². The molecule has 0 radical (unpaired) electrons. The van der Waals surface area contributed by atoms with Crippen LogP contribution in [0.25, 0.3) is 0 Å². The van der Waals surface area contributed by atoms with E-state index in [9.17, 15) is 19.7 Å². The van der Waals surface area contributed by atoms with Crippen LogP contribution in [-0.4, -0.2) is 31.3 Å². The van der Waals surface area contributed by atoms with Crippen molar-refractivity contribution in [2.75, 3.05) is 13.7 Å². The van der Waals surface area contributed by atoms with Crippen LogP contribution < -0.4 is 20.3 Å². The molecule has 1 amide bonds. The zero-order valence-electron chi connectivity index (χ0n) is 12.9. The number of carbonyl (C=O) groups is 2. The maximum Gasteiger partial charge on any atom is 0.278 e. The summed E-state index contributed by atoms with van der Waals surface area (Å²) in [6, 6.07) is 2.24. The predicted molar refractivity (Wildman–Crippen MR) is 81.2 cm³/mol. The van der Waals surface area contributed by atoms with Crippen LogP contribution in [0.2, 0.25) is 0 Å². The fourth-order valence-electron chi connectivity index (χ4n) is 1.93. The molecule has 0 aliphatic rings. The molecule has 0 bridgehead atoms. The molecule has 1 unspecified atom stereocenters. The molecular weight excluding hydrogens is 306 g/mol. The number of carbonyl (C=O) groups excluding carboxylic acids is 2. The van der Waals surface area contributed by atoms with Crippen LogP contribution in [0.15, 0.2) is 12.1 Å². The minimum Gasteiger partial charge on any atom is -0.493 e. The molecule has 1 aromatic carbocycles. The second kappa shape index (κ2) is 9.36. The van der Waals surface area contributed by atoms with Crippen LogP contribution >= 0.6 is 0 Å². The highest BCUT2D eigenvalue weighted by Crippen LogP contribution is 2.37. The third kappa shape index (κ3) is 5.22. The van der Waals surface area contributed by atoms with Gasteiger partial charge in [-0.1, -0.05) is 0 Å². The first-order chi connectivity index (χ1) is 11.0. The zero-order chi connectivity index (χ0) is 17.2. The van der Waals surface area contributed by atoms with Gasteiger partial charge in [-0.05, 0) is 19.4 Å². The maximum absolute atomic E-state index is 11.3. The van der Waals surface area contributed by atoms with E-state index in [4.69, 9.17) is 9.47 Å². The van der Waals surface area contributed by atoms with E-state index in [0.29, 0.717) is 30.6 Å². The largest absolute Gasteiger partial charge is 0.493 e. The van der Waals surface area contributed by atoms with Crippen molar-refractivity contribution in [1.82, 2.24) is 10.9 Å². The standard InChI is InChI=1S/C14H19N3O6/c1-10(16-15-9-19)11-7-13(22-2)14(8-12(11)17(20)21)23-6-4-3-5-18/h5,7-10,16H,3-4,6H2,1-2H3,(H,15,19). The molecule has 0 aliphatic carbocycles. The van der Waals surface area contributed by atoms with E-state index in [2.05, 4.69) is 10.9 Å². The highest BCUT2D eigenvalue weighted by atomic mass is 16.6. The molecular formula is C14H19N3O6. The quantitative estimate of drug-likeness (QED) is 0.272. The Morgan fingerprint density at radius 2 is 2.09 bits per heavy atom. The SMILES string of the molecule is COc1cc(C(C)NNC=O)c([N+](=O)[O-])cc1OCCCC=O. The summed E-state index contributed by atoms with van der Waals surface area (Å²) in [5.74, 6) is 0.556. The van der Waals surface area contributed by atoms with Crippen molar-refractivity contribution < 1.29 is 24.0 Å². The number of amides is 1. The minimum absolute atomic E-state index is 0.163. The van der Waals surface area contributed by atoms with Crippen molar-refractivity contribution in [3.05, 3.63) is 27.8 Å². The number of nitro benzene ring substituents is 1. The van der Waals surface area contributed by atoms with Crippen molar-refractivity contribution >= 4 is 18.4 Å². The van der Waals surface area contributed by atoms with Crippen molar-refractivity contribution in [3.63, 3.8) is 0 Å². The number of hydrazine groups is 1.